The molecule has 758 valence electrons. The fourth-order valence-electron chi connectivity index (χ4n) is 14.6. The molecule has 38 nitrogen and oxygen atoms in total. The van der Waals surface area contributed by atoms with Gasteiger partial charge in [-0.3, -0.25) is 55.5 Å². The molecular weight excluding hydrogens is 1940 g/mol. The molecule has 1 fully saturated rings. The molecule has 1 aliphatic rings. The third kappa shape index (κ3) is 30.8. The van der Waals surface area contributed by atoms with Gasteiger partial charge in [-0.25, -0.2) is 14.4 Å². The van der Waals surface area contributed by atoms with Gasteiger partial charge >= 0.3 is 43.9 Å². The Balaban J connectivity index is 0.000000189. The maximum atomic E-state index is 12.9. The number of aromatic nitrogens is 18. The molecule has 42 heteroatoms. The number of rotatable bonds is 28. The summed E-state index contributed by atoms with van der Waals surface area (Å²) in [5, 5.41) is 81.3. The minimum atomic E-state index is -0.970. The van der Waals surface area contributed by atoms with Gasteiger partial charge in [0.25, 0.3) is 11.8 Å². The number of benzene rings is 9. The number of fused-ring (bicyclic) bond motifs is 4. The zero-order valence-electron chi connectivity index (χ0n) is 84.2. The van der Waals surface area contributed by atoms with Gasteiger partial charge in [-0.05, 0) is 272 Å². The van der Waals surface area contributed by atoms with Crippen LogP contribution >= 0.6 is 25.8 Å². The van der Waals surface area contributed by atoms with Crippen LogP contribution in [0, 0.1) is 0 Å². The minimum Gasteiger partial charge on any atom is -0.870 e. The first-order valence-corrected chi connectivity index (χ1v) is 46.7. The number of nitrogens with zero attached hydrogens (tertiary/aromatic N) is 11. The number of hydrogen-bond acceptors (Lipinski definition) is 26. The third-order valence-corrected chi connectivity index (χ3v) is 23.1. The Labute approximate surface area is 867 Å². The van der Waals surface area contributed by atoms with Gasteiger partial charge in [0.2, 0.25) is 0 Å². The van der Waals surface area contributed by atoms with E-state index in [2.05, 4.69) is 164 Å². The number of carbonyl (C=O) groups excluding carboxylic acids is 4. The summed E-state index contributed by atoms with van der Waals surface area (Å²) in [6, 6.07) is 59.9. The van der Waals surface area contributed by atoms with Crippen LogP contribution in [-0.4, -0.2) is 236 Å². The van der Waals surface area contributed by atoms with Gasteiger partial charge in [-0.1, -0.05) is 36.4 Å². The van der Waals surface area contributed by atoms with Crippen molar-refractivity contribution >= 4 is 112 Å². The second kappa shape index (κ2) is 56.0. The first-order valence-electron chi connectivity index (χ1n) is 45.9. The first-order chi connectivity index (χ1) is 69.2. The Hall–Kier alpha value is -15.4. The molecule has 13 N–H and O–H groups in total. The topological polar surface area (TPSA) is 507 Å². The van der Waals surface area contributed by atoms with Crippen molar-refractivity contribution in [3.8, 4) is 73.8 Å². The van der Waals surface area contributed by atoms with Crippen LogP contribution in [0.2, 0.25) is 0 Å². The van der Waals surface area contributed by atoms with Crippen molar-refractivity contribution < 1.29 is 95.9 Å². The zero-order valence-corrected chi connectivity index (χ0v) is 87.2. The van der Waals surface area contributed by atoms with Crippen molar-refractivity contribution in [1.82, 2.24) is 112 Å². The SMILES string of the molecule is CC1(C)OB(c2ccn[nH]2)OC1(C)C.CCOc1cc(C(=O)N(C)Cc2ccc3[nH]ncc3c2)ccc1-c1ccn[nH]1.CCOc1cc(C(=O)N(C)Cc2ccc3cn[nH]c3c2)ccc1-c1ccn[nH]1.CCOc1cc(C(=O)O)ccc1-c1ccn[nH]1.CCOc1cc(C(=O)OC)ccc1-c1ccn[nH]1.CCOc1cc(C(=O)OC)ccc1Br.CNCc1ccc2[nH]ncc2c1.CNCc1ccc2cn[nH]c2c1.P.[Li+].[OH-]. The molecule has 1 aliphatic heterocycles. The summed E-state index contributed by atoms with van der Waals surface area (Å²) in [5.74, 6) is 1.28. The molecule has 0 saturated carbocycles. The number of esters is 2. The van der Waals surface area contributed by atoms with Crippen molar-refractivity contribution in [2.45, 2.75) is 99.7 Å². The van der Waals surface area contributed by atoms with Crippen LogP contribution in [0.25, 0.3) is 88.6 Å². The number of ether oxygens (including phenoxy) is 7. The van der Waals surface area contributed by atoms with Crippen molar-refractivity contribution in [3.05, 3.63) is 304 Å². The average molecular weight is 2060 g/mol. The second-order valence-corrected chi connectivity index (χ2v) is 33.8. The second-order valence-electron chi connectivity index (χ2n) is 33.0. The Kier molecular flexibility index (Phi) is 43.8. The van der Waals surface area contributed by atoms with Crippen molar-refractivity contribution in [3.63, 3.8) is 0 Å². The Morgan fingerprint density at radius 3 is 1.08 bits per heavy atom. The van der Waals surface area contributed by atoms with Gasteiger partial charge < -0.3 is 73.5 Å². The number of nitrogens with one attached hydrogen (secondary N) is 11. The summed E-state index contributed by atoms with van der Waals surface area (Å²) in [4.78, 5) is 62.8. The Morgan fingerprint density at radius 2 is 0.692 bits per heavy atom. The van der Waals surface area contributed by atoms with E-state index in [0.717, 1.165) is 118 Å². The molecule has 9 aromatic heterocycles. The molecule has 2 amide bonds. The number of carboxylic acid groups (broad SMARTS) is 1. The molecular formula is C104H120BBrLiN22O16P. The number of H-pyrrole nitrogens is 9. The summed E-state index contributed by atoms with van der Waals surface area (Å²) in [6.45, 7) is 23.0. The number of methoxy groups -OCH3 is 2. The smallest absolute Gasteiger partial charge is 0.870 e. The molecule has 10 heterocycles. The van der Waals surface area contributed by atoms with Crippen LogP contribution in [0.4, 0.5) is 0 Å². The number of carboxylic acids is 1. The summed E-state index contributed by atoms with van der Waals surface area (Å²) in [6.07, 6.45) is 15.6. The summed E-state index contributed by atoms with van der Waals surface area (Å²) < 4.78 is 49.6. The van der Waals surface area contributed by atoms with Crippen LogP contribution in [0.5, 0.6) is 28.7 Å². The summed E-state index contributed by atoms with van der Waals surface area (Å²) in [5.41, 5.74) is 18.1. The number of amides is 2. The molecule has 19 rings (SSSR count). The van der Waals surface area contributed by atoms with Crippen molar-refractivity contribution in [1.29, 1.82) is 0 Å². The van der Waals surface area contributed by atoms with Crippen LogP contribution in [0.15, 0.2) is 254 Å². The van der Waals surface area contributed by atoms with E-state index < -0.39 is 5.97 Å². The number of carbonyl (C=O) groups is 5. The van der Waals surface area contributed by atoms with E-state index in [4.69, 9.17) is 38.1 Å². The van der Waals surface area contributed by atoms with E-state index in [9.17, 15) is 24.0 Å². The number of aromatic carboxylic acids is 1. The van der Waals surface area contributed by atoms with E-state index in [1.54, 1.807) is 128 Å². The largest absolute Gasteiger partial charge is 1.00 e. The molecule has 0 radical (unpaired) electrons. The van der Waals surface area contributed by atoms with Crippen LogP contribution in [-0.2, 0) is 45.0 Å². The molecule has 0 spiro atoms. The van der Waals surface area contributed by atoms with Gasteiger partial charge in [0.15, 0.2) is 0 Å². The monoisotopic (exact) mass is 2060 g/mol. The van der Waals surface area contributed by atoms with E-state index >= 15 is 0 Å². The molecule has 1 unspecified atom stereocenters. The molecule has 0 bridgehead atoms. The quantitative estimate of drug-likeness (QED) is 0.0123. The van der Waals surface area contributed by atoms with E-state index in [1.807, 2.05) is 180 Å². The molecule has 9 aromatic carbocycles. The predicted octanol–water partition coefficient (Wildman–Crippen LogP) is 14.5. The summed E-state index contributed by atoms with van der Waals surface area (Å²) >= 11 is 3.33. The fourth-order valence-corrected chi connectivity index (χ4v) is 15.0. The predicted molar refractivity (Wildman–Crippen MR) is 565 cm³/mol. The standard InChI is InChI=1S/2C21H21N5O2.C13H14N2O3.C12H12N2O3.C10H11BrO3.C9H15BN2O2.2C9H11N3.Li.H2O.H3P/c1-3-28-20-11-15(5-6-17(20)19-8-9-22-25-19)21(27)26(2)13-14-4-7-18-16(10-14)12-23-24-18;1-3-28-20-11-15(6-7-17(20)18-8-9-22-24-18)21(27)26(2)13-14-4-5-16-12-23-25-19(16)10-14;1-3-18-12-8-9(13(16)17-2)4-5-10(12)11-6-7-14-15-11;1-2-17-11-7-8(12(15)16)3-4-9(11)10-5-6-13-14-10;1-3-14-9-6-7(10(12)13-2)4-5-8(9)11;1-8(2)9(3,4)14-10(13-8)7-5-6-11-12-7;1-10-5-7-2-3-9-8(4-7)6-11-12-9;1-10-5-7-2-3-8-6-11-12-9(8)4-7;;;/h4-12H,3,13H2,1-2H3,(H,22,25)(H,23,24);4-12H,3,13H2,1-2H3,(H,22,24)(H,23,25);4-8H,3H2,1-2H3,(H,14,15);3-7H,2H2,1H3,(H,13,14)(H,15,16);4-6H,3H2,1-2H3;5-6H,1-4H3,(H,11,12);2*2-4,6,10H,5H2,1H3,(H,11,12);;1H2;1H3/q;;;;;;;;+1;;/p-1. The number of aromatic amines is 9. The van der Waals surface area contributed by atoms with Crippen molar-refractivity contribution in [2.75, 3.05) is 75.4 Å². The van der Waals surface area contributed by atoms with E-state index in [-0.39, 0.29) is 81.9 Å². The van der Waals surface area contributed by atoms with Crippen LogP contribution < -0.4 is 58.8 Å². The van der Waals surface area contributed by atoms with E-state index in [0.29, 0.717) is 97.1 Å². The maximum absolute atomic E-state index is 12.9. The minimum absolute atomic E-state index is 0. The number of hydrogen-bond donors (Lipinski definition) is 12. The number of halogens is 1. The third-order valence-electron chi connectivity index (χ3n) is 22.4. The maximum Gasteiger partial charge on any atom is 1.00 e. The average Bonchev–Trinajstić information content (AvgIpc) is 1.62. The summed E-state index contributed by atoms with van der Waals surface area (Å²) in [7, 11) is 9.85. The van der Waals surface area contributed by atoms with Gasteiger partial charge in [-0.15, -0.1) is 0 Å². The van der Waals surface area contributed by atoms with Gasteiger partial charge in [-0.2, -0.15) is 55.8 Å². The van der Waals surface area contributed by atoms with Gasteiger partial charge in [0.1, 0.15) is 28.7 Å². The van der Waals surface area contributed by atoms with E-state index in [1.165, 1.54) is 36.8 Å². The van der Waals surface area contributed by atoms with Crippen molar-refractivity contribution in [2.24, 2.45) is 0 Å². The molecule has 1 saturated heterocycles. The zero-order chi connectivity index (χ0) is 102. The molecule has 1 atom stereocenters. The Morgan fingerprint density at radius 1 is 0.377 bits per heavy atom. The molecule has 18 aromatic rings. The molecule has 146 heavy (non-hydrogen) atoms. The fraction of sp³-hybridized carbons (Fsp3) is 0.250. The van der Waals surface area contributed by atoms with Gasteiger partial charge in [0.05, 0.1) is 155 Å². The normalized spacial score (nSPS) is 11.6. The molecule has 0 aliphatic carbocycles. The van der Waals surface area contributed by atoms with Gasteiger partial charge in [0, 0.05) is 126 Å². The van der Waals surface area contributed by atoms with Crippen LogP contribution in [0.3, 0.4) is 0 Å². The first kappa shape index (κ1) is 114. The Bertz CT molecular complexity index is 6860. The van der Waals surface area contributed by atoms with Crippen LogP contribution in [0.1, 0.15) is 136 Å².